The van der Waals surface area contributed by atoms with Gasteiger partial charge in [0.2, 0.25) is 12.3 Å². The number of anilines is 2. The highest BCUT2D eigenvalue weighted by atomic mass is 16.6. The second-order valence-electron chi connectivity index (χ2n) is 11.1. The van der Waals surface area contributed by atoms with Crippen LogP contribution in [0.3, 0.4) is 0 Å². The van der Waals surface area contributed by atoms with Crippen LogP contribution in [0.1, 0.15) is 70.2 Å². The van der Waals surface area contributed by atoms with E-state index >= 15 is 0 Å². The van der Waals surface area contributed by atoms with Crippen LogP contribution in [0.2, 0.25) is 0 Å². The second-order valence-corrected chi connectivity index (χ2v) is 11.1. The number of nitrogens with one attached hydrogen (secondary N) is 2. The molecule has 9 heteroatoms. The molecule has 2 aliphatic heterocycles. The molecule has 0 aromatic heterocycles. The van der Waals surface area contributed by atoms with Gasteiger partial charge in [-0.15, -0.1) is 0 Å². The molecule has 0 aliphatic carbocycles. The number of carbonyl (C=O) groups is 4. The normalized spacial score (nSPS) is 16.5. The van der Waals surface area contributed by atoms with Gasteiger partial charge in [0.25, 0.3) is 5.91 Å². The number of carbonyl (C=O) groups excluding carboxylic acids is 4. The monoisotopic (exact) mass is 522 g/mol. The van der Waals surface area contributed by atoms with Crippen LogP contribution < -0.4 is 20.4 Å². The molecule has 0 bridgehead atoms. The first-order chi connectivity index (χ1) is 18.1. The first kappa shape index (κ1) is 27.4. The Morgan fingerprint density at radius 1 is 1.13 bits per heavy atom. The molecule has 2 heterocycles. The first-order valence-electron chi connectivity index (χ1n) is 13.5. The van der Waals surface area contributed by atoms with Crippen molar-refractivity contribution < 1.29 is 23.9 Å². The van der Waals surface area contributed by atoms with E-state index in [0.29, 0.717) is 43.0 Å². The molecule has 9 nitrogen and oxygen atoms in total. The summed E-state index contributed by atoms with van der Waals surface area (Å²) in [5, 5.41) is 6.94. The molecule has 1 unspecified atom stereocenters. The van der Waals surface area contributed by atoms with Crippen LogP contribution in [0.25, 0.3) is 10.8 Å². The van der Waals surface area contributed by atoms with Crippen molar-refractivity contribution in [2.75, 3.05) is 29.4 Å². The molecular formula is C29H38N4O5. The van der Waals surface area contributed by atoms with E-state index in [0.717, 1.165) is 48.8 Å². The number of nitrogens with zero attached hydrogens (tertiary/aromatic N) is 2. The number of hydrogen-bond donors (Lipinski definition) is 2. The molecule has 1 atom stereocenters. The highest BCUT2D eigenvalue weighted by molar-refractivity contribution is 6.28. The van der Waals surface area contributed by atoms with E-state index in [2.05, 4.69) is 15.5 Å². The lowest BCUT2D eigenvalue weighted by atomic mass is 9.92. The van der Waals surface area contributed by atoms with Crippen molar-refractivity contribution in [2.24, 2.45) is 5.92 Å². The number of hydrogen-bond acceptors (Lipinski definition) is 6. The zero-order valence-electron chi connectivity index (χ0n) is 22.7. The lowest BCUT2D eigenvalue weighted by Gasteiger charge is -2.34. The fraction of sp³-hybridized carbons (Fsp3) is 0.517. The molecule has 2 aliphatic rings. The molecule has 0 spiro atoms. The third-order valence-electron chi connectivity index (χ3n) is 7.26. The molecule has 38 heavy (non-hydrogen) atoms. The molecule has 2 aromatic rings. The van der Waals surface area contributed by atoms with Crippen LogP contribution in [0, 0.1) is 5.92 Å². The Morgan fingerprint density at radius 3 is 2.50 bits per heavy atom. The van der Waals surface area contributed by atoms with Gasteiger partial charge in [-0.2, -0.15) is 0 Å². The number of alkyl carbamates (subject to hydrolysis) is 1. The Hall–Kier alpha value is -3.62. The number of piperidine rings is 1. The SMILES string of the molecule is CCCC(C(=O)NC=O)N1C(=O)c2cccc3c(N4CCC(CCNC(=O)OC(C)(C)C)CC4)ccc1c23. The summed E-state index contributed by atoms with van der Waals surface area (Å²) >= 11 is 0. The maximum absolute atomic E-state index is 13.5. The Labute approximate surface area is 223 Å². The van der Waals surface area contributed by atoms with Crippen molar-refractivity contribution in [2.45, 2.75) is 71.4 Å². The van der Waals surface area contributed by atoms with Crippen LogP contribution in [0.5, 0.6) is 0 Å². The molecule has 2 aromatic carbocycles. The van der Waals surface area contributed by atoms with Crippen molar-refractivity contribution >= 4 is 46.5 Å². The van der Waals surface area contributed by atoms with Crippen LogP contribution in [-0.4, -0.2) is 55.6 Å². The van der Waals surface area contributed by atoms with Crippen molar-refractivity contribution in [1.29, 1.82) is 0 Å². The van der Waals surface area contributed by atoms with Gasteiger partial charge in [0.1, 0.15) is 11.6 Å². The van der Waals surface area contributed by atoms with Crippen molar-refractivity contribution in [3.05, 3.63) is 35.9 Å². The quantitative estimate of drug-likeness (QED) is 0.474. The average molecular weight is 523 g/mol. The zero-order valence-corrected chi connectivity index (χ0v) is 22.7. The van der Waals surface area contributed by atoms with Gasteiger partial charge in [-0.25, -0.2) is 4.79 Å². The van der Waals surface area contributed by atoms with E-state index < -0.39 is 17.6 Å². The van der Waals surface area contributed by atoms with Gasteiger partial charge in [-0.3, -0.25) is 24.6 Å². The predicted octanol–water partition coefficient (Wildman–Crippen LogP) is 4.37. The summed E-state index contributed by atoms with van der Waals surface area (Å²) < 4.78 is 5.31. The summed E-state index contributed by atoms with van der Waals surface area (Å²) in [4.78, 5) is 52.9. The minimum atomic E-state index is -0.746. The molecule has 1 saturated heterocycles. The van der Waals surface area contributed by atoms with Gasteiger partial charge in [0.05, 0.1) is 5.69 Å². The Balaban J connectivity index is 1.47. The number of imide groups is 1. The summed E-state index contributed by atoms with van der Waals surface area (Å²) in [6.07, 6.45) is 4.06. The smallest absolute Gasteiger partial charge is 0.407 e. The number of amides is 4. The minimum absolute atomic E-state index is 0.210. The van der Waals surface area contributed by atoms with E-state index in [1.807, 2.05) is 58.0 Å². The fourth-order valence-electron chi connectivity index (χ4n) is 5.54. The van der Waals surface area contributed by atoms with Gasteiger partial charge in [-0.1, -0.05) is 25.5 Å². The van der Waals surface area contributed by atoms with Crippen LogP contribution in [0.15, 0.2) is 30.3 Å². The third-order valence-corrected chi connectivity index (χ3v) is 7.26. The Morgan fingerprint density at radius 2 is 1.84 bits per heavy atom. The lowest BCUT2D eigenvalue weighted by Crippen LogP contribution is -2.48. The average Bonchev–Trinajstić information content (AvgIpc) is 3.15. The second kappa shape index (κ2) is 11.4. The van der Waals surface area contributed by atoms with Gasteiger partial charge in [0.15, 0.2) is 0 Å². The molecule has 4 amide bonds. The van der Waals surface area contributed by atoms with Crippen molar-refractivity contribution in [3.8, 4) is 0 Å². The first-order valence-corrected chi connectivity index (χ1v) is 13.5. The van der Waals surface area contributed by atoms with Crippen molar-refractivity contribution in [1.82, 2.24) is 10.6 Å². The van der Waals surface area contributed by atoms with E-state index in [9.17, 15) is 19.2 Å². The molecule has 2 N–H and O–H groups in total. The standard InChI is InChI=1S/C29H38N4O5/c1-5-7-24(26(35)31-18-34)33-23-11-10-22(20-8-6-9-21(25(20)23)27(33)36)32-16-13-19(14-17-32)12-15-30-28(37)38-29(2,3)4/h6,8-11,18-19,24H,5,7,12-17H2,1-4H3,(H,30,37)(H,31,34,35). The van der Waals surface area contributed by atoms with Gasteiger partial charge >= 0.3 is 6.09 Å². The molecule has 204 valence electrons. The summed E-state index contributed by atoms with van der Waals surface area (Å²) in [5.41, 5.74) is 1.87. The highest BCUT2D eigenvalue weighted by Crippen LogP contribution is 2.43. The van der Waals surface area contributed by atoms with Gasteiger partial charge < -0.3 is 15.0 Å². The largest absolute Gasteiger partial charge is 0.444 e. The van der Waals surface area contributed by atoms with E-state index in [1.165, 1.54) is 0 Å². The maximum Gasteiger partial charge on any atom is 0.407 e. The lowest BCUT2D eigenvalue weighted by molar-refractivity contribution is -0.126. The Kier molecular flexibility index (Phi) is 8.23. The highest BCUT2D eigenvalue weighted by Gasteiger charge is 2.38. The summed E-state index contributed by atoms with van der Waals surface area (Å²) in [7, 11) is 0. The van der Waals surface area contributed by atoms with Crippen molar-refractivity contribution in [3.63, 3.8) is 0 Å². The van der Waals surface area contributed by atoms with E-state index in [-0.39, 0.29) is 12.0 Å². The van der Waals surface area contributed by atoms with Gasteiger partial charge in [0, 0.05) is 41.7 Å². The molecule has 4 rings (SSSR count). The topological polar surface area (TPSA) is 108 Å². The number of benzene rings is 2. The molecule has 0 radical (unpaired) electrons. The van der Waals surface area contributed by atoms with Crippen LogP contribution in [-0.2, 0) is 14.3 Å². The predicted molar refractivity (Wildman–Crippen MR) is 147 cm³/mol. The Bertz CT molecular complexity index is 1210. The number of rotatable bonds is 9. The summed E-state index contributed by atoms with van der Waals surface area (Å²) in [6.45, 7) is 9.86. The molecule has 1 fully saturated rings. The van der Waals surface area contributed by atoms with E-state index in [1.54, 1.807) is 4.90 Å². The molecule has 0 saturated carbocycles. The third kappa shape index (κ3) is 5.76. The van der Waals surface area contributed by atoms with E-state index in [4.69, 9.17) is 4.74 Å². The summed E-state index contributed by atoms with van der Waals surface area (Å²) in [5.74, 6) is -0.164. The van der Waals surface area contributed by atoms with Crippen LogP contribution >= 0.6 is 0 Å². The fourth-order valence-corrected chi connectivity index (χ4v) is 5.54. The van der Waals surface area contributed by atoms with Crippen LogP contribution in [0.4, 0.5) is 16.2 Å². The van der Waals surface area contributed by atoms with Gasteiger partial charge in [-0.05, 0) is 70.6 Å². The zero-order chi connectivity index (χ0) is 27.4. The minimum Gasteiger partial charge on any atom is -0.444 e. The maximum atomic E-state index is 13.5. The summed E-state index contributed by atoms with van der Waals surface area (Å²) in [6, 6.07) is 8.96. The molecular weight excluding hydrogens is 484 g/mol. The number of ether oxygens (including phenoxy) is 1.